The first-order valence-electron chi connectivity index (χ1n) is 6.40. The van der Waals surface area contributed by atoms with Gasteiger partial charge in [0.25, 0.3) is 0 Å². The van der Waals surface area contributed by atoms with Crippen molar-refractivity contribution < 1.29 is 14.3 Å². The third-order valence-corrected chi connectivity index (χ3v) is 3.44. The van der Waals surface area contributed by atoms with Crippen molar-refractivity contribution in [2.75, 3.05) is 20.7 Å². The normalized spacial score (nSPS) is 21.1. The van der Waals surface area contributed by atoms with E-state index in [0.717, 1.165) is 13.0 Å². The Kier molecular flexibility index (Phi) is 4.31. The highest BCUT2D eigenvalue weighted by molar-refractivity contribution is 5.86. The van der Waals surface area contributed by atoms with Gasteiger partial charge in [-0.3, -0.25) is 4.90 Å². The predicted molar refractivity (Wildman–Crippen MR) is 69.1 cm³/mol. The van der Waals surface area contributed by atoms with Gasteiger partial charge in [-0.25, -0.2) is 9.78 Å². The van der Waals surface area contributed by atoms with Crippen molar-refractivity contribution >= 4 is 5.97 Å². The summed E-state index contributed by atoms with van der Waals surface area (Å²) in [5.41, 5.74) is 0.208. The quantitative estimate of drug-likeness (QED) is 0.760. The van der Waals surface area contributed by atoms with Gasteiger partial charge in [-0.05, 0) is 39.4 Å². The van der Waals surface area contributed by atoms with E-state index in [1.54, 1.807) is 0 Å². The van der Waals surface area contributed by atoms with Gasteiger partial charge in [0.1, 0.15) is 6.10 Å². The maximum atomic E-state index is 11.4. The van der Waals surface area contributed by atoms with Crippen LogP contribution in [0.15, 0.2) is 12.3 Å². The number of methoxy groups -OCH3 is 1. The first-order chi connectivity index (χ1) is 9.11. The minimum absolute atomic E-state index is 0.0135. The van der Waals surface area contributed by atoms with Crippen molar-refractivity contribution in [3.05, 3.63) is 18.0 Å². The van der Waals surface area contributed by atoms with Crippen LogP contribution in [0.2, 0.25) is 0 Å². The van der Waals surface area contributed by atoms with Crippen LogP contribution in [-0.4, -0.2) is 53.7 Å². The molecule has 1 fully saturated rings. The summed E-state index contributed by atoms with van der Waals surface area (Å²) in [5, 5.41) is 0. The van der Waals surface area contributed by atoms with Crippen LogP contribution in [0.3, 0.4) is 0 Å². The molecule has 1 saturated heterocycles. The highest BCUT2D eigenvalue weighted by Crippen LogP contribution is 2.20. The Labute approximate surface area is 112 Å². The average molecular weight is 265 g/mol. The summed E-state index contributed by atoms with van der Waals surface area (Å²) in [6.45, 7) is 3.09. The number of likely N-dealkylation sites (N-methyl/N-ethyl adjacent to an activating group) is 1. The van der Waals surface area contributed by atoms with Gasteiger partial charge in [-0.2, -0.15) is 4.98 Å². The van der Waals surface area contributed by atoms with E-state index in [1.807, 2.05) is 6.92 Å². The van der Waals surface area contributed by atoms with E-state index in [0.29, 0.717) is 6.04 Å². The number of aromatic nitrogens is 2. The second kappa shape index (κ2) is 5.97. The molecule has 0 spiro atoms. The number of rotatable bonds is 4. The Morgan fingerprint density at radius 1 is 1.58 bits per heavy atom. The number of nitrogens with zero attached hydrogens (tertiary/aromatic N) is 3. The summed E-state index contributed by atoms with van der Waals surface area (Å²) in [6.07, 6.45) is 3.77. The molecule has 0 radical (unpaired) electrons. The van der Waals surface area contributed by atoms with Crippen LogP contribution in [0.1, 0.15) is 30.3 Å². The summed E-state index contributed by atoms with van der Waals surface area (Å²) in [5.74, 6) is -0.488. The number of likely N-dealkylation sites (tertiary alicyclic amines) is 1. The topological polar surface area (TPSA) is 64.6 Å². The molecule has 0 amide bonds. The van der Waals surface area contributed by atoms with E-state index < -0.39 is 5.97 Å². The smallest absolute Gasteiger partial charge is 0.356 e. The molecule has 0 saturated carbocycles. The Hall–Kier alpha value is -1.69. The number of ether oxygens (including phenoxy) is 2. The van der Waals surface area contributed by atoms with Crippen LogP contribution in [0.4, 0.5) is 0 Å². The lowest BCUT2D eigenvalue weighted by atomic mass is 10.1. The lowest BCUT2D eigenvalue weighted by Gasteiger charge is -2.25. The minimum atomic E-state index is -0.488. The number of carbonyl (C=O) groups excluding carboxylic acids is 1. The molecule has 0 aromatic carbocycles. The van der Waals surface area contributed by atoms with E-state index in [1.165, 1.54) is 25.8 Å². The molecule has 0 N–H and O–H groups in total. The van der Waals surface area contributed by atoms with Crippen molar-refractivity contribution in [2.24, 2.45) is 0 Å². The maximum absolute atomic E-state index is 11.4. The minimum Gasteiger partial charge on any atom is -0.464 e. The predicted octanol–water partition coefficient (Wildman–Crippen LogP) is 1.12. The number of hydrogen-bond donors (Lipinski definition) is 0. The molecule has 6 nitrogen and oxygen atoms in total. The second-order valence-electron chi connectivity index (χ2n) is 4.73. The number of carbonyl (C=O) groups is 1. The molecule has 2 heterocycles. The van der Waals surface area contributed by atoms with Crippen molar-refractivity contribution in [3.8, 4) is 6.01 Å². The Bertz CT molecular complexity index is 453. The summed E-state index contributed by atoms with van der Waals surface area (Å²) < 4.78 is 10.4. The van der Waals surface area contributed by atoms with E-state index in [9.17, 15) is 4.79 Å². The monoisotopic (exact) mass is 265 g/mol. The Morgan fingerprint density at radius 2 is 2.37 bits per heavy atom. The fourth-order valence-corrected chi connectivity index (χ4v) is 2.39. The first-order valence-corrected chi connectivity index (χ1v) is 6.40. The fraction of sp³-hybridized carbons (Fsp3) is 0.615. The molecule has 2 rings (SSSR count). The van der Waals surface area contributed by atoms with Crippen LogP contribution < -0.4 is 4.74 Å². The zero-order valence-electron chi connectivity index (χ0n) is 11.5. The van der Waals surface area contributed by atoms with Crippen molar-refractivity contribution in [2.45, 2.75) is 31.9 Å². The molecular weight excluding hydrogens is 246 g/mol. The third kappa shape index (κ3) is 3.20. The lowest BCUT2D eigenvalue weighted by Crippen LogP contribution is -2.38. The van der Waals surface area contributed by atoms with Gasteiger partial charge in [-0.1, -0.05) is 0 Å². The molecule has 6 heteroatoms. The molecule has 1 aromatic rings. The molecule has 0 unspecified atom stereocenters. The standard InChI is InChI=1S/C13H19N3O3/c1-9(11-5-4-8-16(11)2)19-13-14-7-6-10(15-13)12(17)18-3/h6-7,9,11H,4-5,8H2,1-3H3/t9-,11-/m0/s1. The maximum Gasteiger partial charge on any atom is 0.356 e. The molecule has 1 aromatic heterocycles. The summed E-state index contributed by atoms with van der Waals surface area (Å²) in [4.78, 5) is 21.7. The highest BCUT2D eigenvalue weighted by atomic mass is 16.5. The molecule has 1 aliphatic heterocycles. The van der Waals surface area contributed by atoms with Gasteiger partial charge in [0.15, 0.2) is 5.69 Å². The van der Waals surface area contributed by atoms with Crippen LogP contribution in [0, 0.1) is 0 Å². The fourth-order valence-electron chi connectivity index (χ4n) is 2.39. The number of esters is 1. The van der Waals surface area contributed by atoms with Gasteiger partial charge < -0.3 is 9.47 Å². The van der Waals surface area contributed by atoms with Crippen molar-refractivity contribution in [1.29, 1.82) is 0 Å². The molecular formula is C13H19N3O3. The highest BCUT2D eigenvalue weighted by Gasteiger charge is 2.28. The summed E-state index contributed by atoms with van der Waals surface area (Å²) >= 11 is 0. The summed E-state index contributed by atoms with van der Waals surface area (Å²) in [6, 6.07) is 2.09. The SMILES string of the molecule is COC(=O)c1ccnc(O[C@@H](C)[C@@H]2CCCN2C)n1. The molecule has 0 aliphatic carbocycles. The lowest BCUT2D eigenvalue weighted by molar-refractivity contribution is 0.0589. The molecule has 104 valence electrons. The van der Waals surface area contributed by atoms with Gasteiger partial charge in [0.05, 0.1) is 7.11 Å². The zero-order chi connectivity index (χ0) is 13.8. The van der Waals surface area contributed by atoms with E-state index in [4.69, 9.17) is 4.74 Å². The molecule has 19 heavy (non-hydrogen) atoms. The van der Waals surface area contributed by atoms with Crippen molar-refractivity contribution in [3.63, 3.8) is 0 Å². The van der Waals surface area contributed by atoms with Gasteiger partial charge in [0, 0.05) is 12.2 Å². The first kappa shape index (κ1) is 13.7. The van der Waals surface area contributed by atoms with Gasteiger partial charge in [-0.15, -0.1) is 0 Å². The van der Waals surface area contributed by atoms with Crippen LogP contribution in [0.5, 0.6) is 6.01 Å². The van der Waals surface area contributed by atoms with E-state index in [2.05, 4.69) is 26.7 Å². The van der Waals surface area contributed by atoms with Gasteiger partial charge >= 0.3 is 12.0 Å². The zero-order valence-corrected chi connectivity index (χ0v) is 11.5. The Morgan fingerprint density at radius 3 is 3.00 bits per heavy atom. The largest absolute Gasteiger partial charge is 0.464 e. The Balaban J connectivity index is 2.04. The van der Waals surface area contributed by atoms with Gasteiger partial charge in [0.2, 0.25) is 0 Å². The average Bonchev–Trinajstić information content (AvgIpc) is 2.84. The van der Waals surface area contributed by atoms with Crippen LogP contribution >= 0.6 is 0 Å². The molecule has 1 aliphatic rings. The third-order valence-electron chi connectivity index (χ3n) is 3.44. The van der Waals surface area contributed by atoms with E-state index in [-0.39, 0.29) is 17.8 Å². The molecule has 2 atom stereocenters. The molecule has 0 bridgehead atoms. The summed E-state index contributed by atoms with van der Waals surface area (Å²) in [7, 11) is 3.41. The number of hydrogen-bond acceptors (Lipinski definition) is 6. The van der Waals surface area contributed by atoms with E-state index >= 15 is 0 Å². The van der Waals surface area contributed by atoms with Crippen LogP contribution in [-0.2, 0) is 4.74 Å². The van der Waals surface area contributed by atoms with Crippen LogP contribution in [0.25, 0.3) is 0 Å². The van der Waals surface area contributed by atoms with Crippen molar-refractivity contribution in [1.82, 2.24) is 14.9 Å². The second-order valence-corrected chi connectivity index (χ2v) is 4.73.